The number of hydrogen-bond acceptors (Lipinski definition) is 8. The third-order valence-electron chi connectivity index (χ3n) is 7.77. The molecule has 3 aromatic carbocycles. The first-order valence-corrected chi connectivity index (χ1v) is 16.0. The molecule has 1 aliphatic rings. The van der Waals surface area contributed by atoms with Crippen LogP contribution in [0.5, 0.6) is 11.5 Å². The SMILES string of the molecule is COc1cccc(CNCC(O)C(Cc2ccccc2)NC(=O)c2cc(OC)cc(C(=O)N(Cc3nc(C)cs3)C3CC3)c2)c1. The van der Waals surface area contributed by atoms with E-state index in [1.165, 1.54) is 18.4 Å². The topological polar surface area (TPSA) is 113 Å². The number of thiazole rings is 1. The van der Waals surface area contributed by atoms with Gasteiger partial charge in [0.05, 0.1) is 32.9 Å². The summed E-state index contributed by atoms with van der Waals surface area (Å²) in [5.41, 5.74) is 3.59. The summed E-state index contributed by atoms with van der Waals surface area (Å²) < 4.78 is 10.8. The maximum Gasteiger partial charge on any atom is 0.254 e. The Morgan fingerprint density at radius 2 is 1.71 bits per heavy atom. The van der Waals surface area contributed by atoms with E-state index in [1.54, 1.807) is 25.3 Å². The molecule has 236 valence electrons. The van der Waals surface area contributed by atoms with Gasteiger partial charge in [-0.1, -0.05) is 42.5 Å². The Labute approximate surface area is 268 Å². The van der Waals surface area contributed by atoms with Crippen molar-refractivity contribution in [3.63, 3.8) is 0 Å². The number of nitrogens with zero attached hydrogens (tertiary/aromatic N) is 2. The lowest BCUT2D eigenvalue weighted by atomic mass is 10.00. The van der Waals surface area contributed by atoms with Crippen LogP contribution in [0.2, 0.25) is 0 Å². The number of carbonyl (C=O) groups excluding carboxylic acids is 2. The molecule has 2 unspecified atom stereocenters. The average Bonchev–Trinajstić information content (AvgIpc) is 3.83. The molecule has 0 bridgehead atoms. The zero-order chi connectivity index (χ0) is 31.8. The number of aliphatic hydroxyl groups is 1. The van der Waals surface area contributed by atoms with Crippen LogP contribution in [0.1, 0.15) is 55.4 Å². The molecule has 0 radical (unpaired) electrons. The maximum absolute atomic E-state index is 13.8. The second kappa shape index (κ2) is 15.2. The molecule has 2 amide bonds. The van der Waals surface area contributed by atoms with Crippen LogP contribution in [0.3, 0.4) is 0 Å². The third-order valence-corrected chi connectivity index (χ3v) is 8.72. The highest BCUT2D eigenvalue weighted by Crippen LogP contribution is 2.31. The number of benzene rings is 3. The van der Waals surface area contributed by atoms with E-state index in [9.17, 15) is 14.7 Å². The van der Waals surface area contributed by atoms with Crippen molar-refractivity contribution < 1.29 is 24.2 Å². The second-order valence-corrected chi connectivity index (χ2v) is 12.3. The normalized spacial score (nSPS) is 14.0. The highest BCUT2D eigenvalue weighted by Gasteiger charge is 2.34. The molecule has 3 N–H and O–H groups in total. The van der Waals surface area contributed by atoms with E-state index in [2.05, 4.69) is 15.6 Å². The number of amides is 2. The molecule has 2 atom stereocenters. The monoisotopic (exact) mass is 628 g/mol. The largest absolute Gasteiger partial charge is 0.497 e. The van der Waals surface area contributed by atoms with Crippen LogP contribution in [0.25, 0.3) is 0 Å². The summed E-state index contributed by atoms with van der Waals surface area (Å²) in [5.74, 6) is 0.607. The molecular weight excluding hydrogens is 588 g/mol. The van der Waals surface area contributed by atoms with E-state index < -0.39 is 18.1 Å². The Morgan fingerprint density at radius 1 is 0.978 bits per heavy atom. The molecule has 9 nitrogen and oxygen atoms in total. The lowest BCUT2D eigenvalue weighted by molar-refractivity contribution is 0.0729. The molecule has 0 spiro atoms. The molecule has 4 aromatic rings. The minimum atomic E-state index is -0.890. The number of methoxy groups -OCH3 is 2. The predicted octanol–water partition coefficient (Wildman–Crippen LogP) is 4.77. The fourth-order valence-electron chi connectivity index (χ4n) is 5.20. The molecule has 0 saturated heterocycles. The van der Waals surface area contributed by atoms with E-state index >= 15 is 0 Å². The Kier molecular flexibility index (Phi) is 10.8. The van der Waals surface area contributed by atoms with Gasteiger partial charge < -0.3 is 30.1 Å². The summed E-state index contributed by atoms with van der Waals surface area (Å²) in [7, 11) is 3.14. The highest BCUT2D eigenvalue weighted by atomic mass is 32.1. The number of aryl methyl sites for hydroxylation is 1. The first-order valence-electron chi connectivity index (χ1n) is 15.1. The van der Waals surface area contributed by atoms with Gasteiger partial charge in [0, 0.05) is 41.3 Å². The summed E-state index contributed by atoms with van der Waals surface area (Å²) >= 11 is 1.54. The number of aliphatic hydroxyl groups excluding tert-OH is 1. The van der Waals surface area contributed by atoms with Gasteiger partial charge in [-0.15, -0.1) is 11.3 Å². The van der Waals surface area contributed by atoms with E-state index in [-0.39, 0.29) is 24.1 Å². The van der Waals surface area contributed by atoms with Gasteiger partial charge >= 0.3 is 0 Å². The predicted molar refractivity (Wildman–Crippen MR) is 175 cm³/mol. The van der Waals surface area contributed by atoms with Crippen LogP contribution in [0, 0.1) is 6.92 Å². The number of nitrogens with one attached hydrogen (secondary N) is 2. The number of ether oxygens (including phenoxy) is 2. The van der Waals surface area contributed by atoms with Crippen molar-refractivity contribution in [1.29, 1.82) is 0 Å². The summed E-state index contributed by atoms with van der Waals surface area (Å²) in [5, 5.41) is 20.5. The average molecular weight is 629 g/mol. The van der Waals surface area contributed by atoms with E-state index in [4.69, 9.17) is 9.47 Å². The van der Waals surface area contributed by atoms with E-state index in [0.717, 1.165) is 40.4 Å². The van der Waals surface area contributed by atoms with Crippen molar-refractivity contribution in [3.8, 4) is 11.5 Å². The van der Waals surface area contributed by atoms with E-state index in [1.807, 2.05) is 71.8 Å². The van der Waals surface area contributed by atoms with Crippen LogP contribution < -0.4 is 20.1 Å². The van der Waals surface area contributed by atoms with Gasteiger partial charge in [0.2, 0.25) is 0 Å². The molecule has 10 heteroatoms. The van der Waals surface area contributed by atoms with Crippen molar-refractivity contribution in [1.82, 2.24) is 20.5 Å². The van der Waals surface area contributed by atoms with Gasteiger partial charge in [-0.05, 0) is 67.6 Å². The van der Waals surface area contributed by atoms with Crippen LogP contribution in [0.4, 0.5) is 0 Å². The fraction of sp³-hybridized carbons (Fsp3) is 0.343. The summed E-state index contributed by atoms with van der Waals surface area (Å²) in [6, 6.07) is 21.9. The number of aromatic nitrogens is 1. The summed E-state index contributed by atoms with van der Waals surface area (Å²) in [6.07, 6.45) is 1.42. The minimum absolute atomic E-state index is 0.153. The van der Waals surface area contributed by atoms with Crippen LogP contribution in [-0.4, -0.2) is 65.8 Å². The standard InChI is InChI=1S/C35H40N4O5S/c1-23-22-45-33(37-23)21-39(28-12-13-28)35(42)27-16-26(17-30(18-27)44-3)34(41)38-31(15-24-8-5-4-6-9-24)32(40)20-36-19-25-10-7-11-29(14-25)43-2/h4-11,14,16-18,22,28,31-32,36,40H,12-13,15,19-21H2,1-3H3,(H,38,41). The van der Waals surface area contributed by atoms with Crippen molar-refractivity contribution in [3.05, 3.63) is 111 Å². The molecular formula is C35H40N4O5S. The maximum atomic E-state index is 13.8. The second-order valence-electron chi connectivity index (χ2n) is 11.3. The zero-order valence-corrected chi connectivity index (χ0v) is 26.7. The lowest BCUT2D eigenvalue weighted by Crippen LogP contribution is -2.48. The Morgan fingerprint density at radius 3 is 2.40 bits per heavy atom. The van der Waals surface area contributed by atoms with Crippen molar-refractivity contribution >= 4 is 23.2 Å². The molecule has 1 fully saturated rings. The number of carbonyl (C=O) groups is 2. The molecule has 5 rings (SSSR count). The molecule has 1 saturated carbocycles. The first kappa shape index (κ1) is 32.2. The Bertz CT molecular complexity index is 1590. The lowest BCUT2D eigenvalue weighted by Gasteiger charge is -2.25. The smallest absolute Gasteiger partial charge is 0.254 e. The molecule has 1 aliphatic carbocycles. The Hall–Kier alpha value is -4.25. The minimum Gasteiger partial charge on any atom is -0.497 e. The van der Waals surface area contributed by atoms with Gasteiger partial charge in [-0.2, -0.15) is 0 Å². The molecule has 0 aliphatic heterocycles. The van der Waals surface area contributed by atoms with E-state index in [0.29, 0.717) is 30.8 Å². The van der Waals surface area contributed by atoms with Gasteiger partial charge in [-0.3, -0.25) is 9.59 Å². The molecule has 1 heterocycles. The van der Waals surface area contributed by atoms with Gasteiger partial charge in [0.25, 0.3) is 11.8 Å². The van der Waals surface area contributed by atoms with Crippen molar-refractivity contribution in [2.24, 2.45) is 0 Å². The molecule has 1 aromatic heterocycles. The van der Waals surface area contributed by atoms with Gasteiger partial charge in [0.1, 0.15) is 16.5 Å². The summed E-state index contributed by atoms with van der Waals surface area (Å²) in [4.78, 5) is 33.9. The van der Waals surface area contributed by atoms with Gasteiger partial charge in [-0.25, -0.2) is 4.98 Å². The van der Waals surface area contributed by atoms with Crippen LogP contribution in [-0.2, 0) is 19.5 Å². The quantitative estimate of drug-likeness (QED) is 0.174. The van der Waals surface area contributed by atoms with Gasteiger partial charge in [0.15, 0.2) is 0 Å². The first-order chi connectivity index (χ1) is 21.8. The number of rotatable bonds is 15. The summed E-state index contributed by atoms with van der Waals surface area (Å²) in [6.45, 7) is 3.15. The fourth-order valence-corrected chi connectivity index (χ4v) is 5.97. The highest BCUT2D eigenvalue weighted by molar-refractivity contribution is 7.09. The Balaban J connectivity index is 1.32. The van der Waals surface area contributed by atoms with Crippen molar-refractivity contribution in [2.75, 3.05) is 20.8 Å². The van der Waals surface area contributed by atoms with Crippen LogP contribution >= 0.6 is 11.3 Å². The zero-order valence-electron chi connectivity index (χ0n) is 25.9. The van der Waals surface area contributed by atoms with Crippen LogP contribution in [0.15, 0.2) is 78.2 Å². The third kappa shape index (κ3) is 8.91. The number of hydrogen-bond donors (Lipinski definition) is 3. The molecule has 45 heavy (non-hydrogen) atoms. The van der Waals surface area contributed by atoms with Crippen molar-refractivity contribution in [2.45, 2.75) is 57.5 Å².